The van der Waals surface area contributed by atoms with Crippen LogP contribution in [0.3, 0.4) is 0 Å². The van der Waals surface area contributed by atoms with E-state index in [1.807, 2.05) is 55.9 Å². The van der Waals surface area contributed by atoms with Gasteiger partial charge in [-0.2, -0.15) is 5.10 Å². The van der Waals surface area contributed by atoms with Crippen LogP contribution in [0.2, 0.25) is 0 Å². The fourth-order valence-corrected chi connectivity index (χ4v) is 2.26. The van der Waals surface area contributed by atoms with Gasteiger partial charge in [-0.15, -0.1) is 0 Å². The summed E-state index contributed by atoms with van der Waals surface area (Å²) in [6, 6.07) is 9.91. The minimum Gasteiger partial charge on any atom is -0.394 e. The predicted octanol–water partition coefficient (Wildman–Crippen LogP) is 1.00. The summed E-state index contributed by atoms with van der Waals surface area (Å²) < 4.78 is 1.83. The van der Waals surface area contributed by atoms with Crippen LogP contribution in [-0.4, -0.2) is 33.5 Å². The zero-order chi connectivity index (χ0) is 13.9. The molecule has 0 aliphatic carbocycles. The van der Waals surface area contributed by atoms with E-state index in [1.165, 1.54) is 0 Å². The van der Waals surface area contributed by atoms with Crippen molar-refractivity contribution < 1.29 is 5.11 Å². The fraction of sp³-hybridized carbons (Fsp3) is 0.429. The van der Waals surface area contributed by atoms with Crippen molar-refractivity contribution in [2.75, 3.05) is 13.7 Å². The maximum atomic E-state index is 9.86. The van der Waals surface area contributed by atoms with E-state index >= 15 is 0 Å². The third-order valence-corrected chi connectivity index (χ3v) is 3.46. The second-order valence-electron chi connectivity index (χ2n) is 4.72. The average molecular weight is 260 g/mol. The first-order chi connectivity index (χ1) is 9.11. The number of nitrogens with one attached hydrogen (secondary N) is 1. The van der Waals surface area contributed by atoms with Crippen molar-refractivity contribution in [1.82, 2.24) is 20.1 Å². The van der Waals surface area contributed by atoms with Crippen molar-refractivity contribution in [3.05, 3.63) is 47.5 Å². The Morgan fingerprint density at radius 1 is 1.26 bits per heavy atom. The van der Waals surface area contributed by atoms with Crippen molar-refractivity contribution in [1.29, 1.82) is 0 Å². The molecule has 1 aromatic carbocycles. The summed E-state index contributed by atoms with van der Waals surface area (Å²) in [6.07, 6.45) is 0. The van der Waals surface area contributed by atoms with E-state index in [-0.39, 0.29) is 6.61 Å². The number of aryl methyl sites for hydroxylation is 2. The number of nitrogens with zero attached hydrogens (tertiary/aromatic N) is 3. The van der Waals surface area contributed by atoms with Gasteiger partial charge in [0, 0.05) is 0 Å². The molecular weight excluding hydrogens is 240 g/mol. The van der Waals surface area contributed by atoms with Crippen molar-refractivity contribution in [2.24, 2.45) is 0 Å². The predicted molar refractivity (Wildman–Crippen MR) is 73.8 cm³/mol. The van der Waals surface area contributed by atoms with E-state index in [0.29, 0.717) is 6.54 Å². The van der Waals surface area contributed by atoms with Crippen LogP contribution < -0.4 is 5.32 Å². The molecule has 19 heavy (non-hydrogen) atoms. The van der Waals surface area contributed by atoms with Gasteiger partial charge in [0.1, 0.15) is 11.6 Å². The topological polar surface area (TPSA) is 63.0 Å². The maximum absolute atomic E-state index is 9.86. The lowest BCUT2D eigenvalue weighted by molar-refractivity contribution is 0.145. The first-order valence-corrected chi connectivity index (χ1v) is 6.34. The molecule has 0 spiro atoms. The Bertz CT molecular complexity index is 532. The van der Waals surface area contributed by atoms with Gasteiger partial charge in [-0.05, 0) is 26.5 Å². The number of benzene rings is 1. The van der Waals surface area contributed by atoms with Crippen molar-refractivity contribution in [2.45, 2.75) is 25.9 Å². The molecule has 2 aromatic rings. The van der Waals surface area contributed by atoms with Gasteiger partial charge in [0.25, 0.3) is 0 Å². The lowest BCUT2D eigenvalue weighted by atomic mass is 9.90. The van der Waals surface area contributed by atoms with Gasteiger partial charge in [-0.1, -0.05) is 30.3 Å². The summed E-state index contributed by atoms with van der Waals surface area (Å²) >= 11 is 0. The largest absolute Gasteiger partial charge is 0.394 e. The summed E-state index contributed by atoms with van der Waals surface area (Å²) in [5.74, 6) is 1.59. The zero-order valence-electron chi connectivity index (χ0n) is 11.6. The van der Waals surface area contributed by atoms with E-state index < -0.39 is 5.54 Å². The van der Waals surface area contributed by atoms with Crippen LogP contribution in [0, 0.1) is 13.8 Å². The van der Waals surface area contributed by atoms with Crippen LogP contribution >= 0.6 is 0 Å². The van der Waals surface area contributed by atoms with E-state index in [0.717, 1.165) is 17.2 Å². The molecule has 2 N–H and O–H groups in total. The van der Waals surface area contributed by atoms with Crippen LogP contribution in [0.4, 0.5) is 0 Å². The smallest absolute Gasteiger partial charge is 0.147 e. The minimum absolute atomic E-state index is 0.00807. The molecule has 0 radical (unpaired) electrons. The monoisotopic (exact) mass is 260 g/mol. The minimum atomic E-state index is -0.549. The third-order valence-electron chi connectivity index (χ3n) is 3.46. The maximum Gasteiger partial charge on any atom is 0.147 e. The Labute approximate surface area is 113 Å². The summed E-state index contributed by atoms with van der Waals surface area (Å²) in [6.45, 7) is 4.32. The van der Waals surface area contributed by atoms with Gasteiger partial charge in [0.2, 0.25) is 0 Å². The van der Waals surface area contributed by atoms with Crippen molar-refractivity contribution in [3.8, 4) is 0 Å². The second kappa shape index (κ2) is 5.50. The lowest BCUT2D eigenvalue weighted by Gasteiger charge is -2.32. The number of hydrogen-bond donors (Lipinski definition) is 2. The van der Waals surface area contributed by atoms with Gasteiger partial charge < -0.3 is 10.4 Å². The number of aromatic nitrogens is 3. The van der Waals surface area contributed by atoms with E-state index in [4.69, 9.17) is 0 Å². The van der Waals surface area contributed by atoms with E-state index in [1.54, 1.807) is 0 Å². The molecule has 2 rings (SSSR count). The highest BCUT2D eigenvalue weighted by molar-refractivity contribution is 5.24. The highest BCUT2D eigenvalue weighted by Gasteiger charge is 2.31. The molecule has 1 heterocycles. The Hall–Kier alpha value is -1.72. The molecule has 0 amide bonds. The molecule has 5 nitrogen and oxygen atoms in total. The zero-order valence-corrected chi connectivity index (χ0v) is 11.6. The van der Waals surface area contributed by atoms with Crippen LogP contribution in [0.5, 0.6) is 0 Å². The van der Waals surface area contributed by atoms with E-state index in [9.17, 15) is 5.11 Å². The molecule has 0 fully saturated rings. The Morgan fingerprint density at radius 3 is 2.42 bits per heavy atom. The molecule has 1 aromatic heterocycles. The van der Waals surface area contributed by atoms with Crippen LogP contribution in [0.15, 0.2) is 30.3 Å². The number of hydrogen-bond acceptors (Lipinski definition) is 4. The molecule has 0 aliphatic heterocycles. The SMILES string of the molecule is CNC(CO)(Cn1nc(C)nc1C)c1ccccc1. The molecule has 5 heteroatoms. The van der Waals surface area contributed by atoms with Crippen molar-refractivity contribution >= 4 is 0 Å². The molecular formula is C14H20N4O. The second-order valence-corrected chi connectivity index (χ2v) is 4.72. The fourth-order valence-electron chi connectivity index (χ4n) is 2.26. The summed E-state index contributed by atoms with van der Waals surface area (Å²) in [5.41, 5.74) is 0.485. The van der Waals surface area contributed by atoms with E-state index in [2.05, 4.69) is 15.4 Å². The molecule has 0 saturated heterocycles. The molecule has 102 valence electrons. The summed E-state index contributed by atoms with van der Waals surface area (Å²) in [5, 5.41) is 17.5. The van der Waals surface area contributed by atoms with Crippen LogP contribution in [0.25, 0.3) is 0 Å². The first kappa shape index (κ1) is 13.7. The van der Waals surface area contributed by atoms with Gasteiger partial charge in [0.15, 0.2) is 0 Å². The molecule has 0 bridgehead atoms. The number of aliphatic hydroxyl groups is 1. The molecule has 0 aliphatic rings. The standard InChI is InChI=1S/C14H20N4O/c1-11-16-12(2)18(17-11)9-14(10-19,15-3)13-7-5-4-6-8-13/h4-8,15,19H,9-10H2,1-3H3. The number of rotatable bonds is 5. The van der Waals surface area contributed by atoms with Crippen LogP contribution in [0.1, 0.15) is 17.2 Å². The molecule has 0 saturated carbocycles. The quantitative estimate of drug-likeness (QED) is 0.842. The van der Waals surface area contributed by atoms with Gasteiger partial charge in [-0.3, -0.25) is 0 Å². The highest BCUT2D eigenvalue weighted by atomic mass is 16.3. The highest BCUT2D eigenvalue weighted by Crippen LogP contribution is 2.22. The Balaban J connectivity index is 2.38. The van der Waals surface area contributed by atoms with Crippen molar-refractivity contribution in [3.63, 3.8) is 0 Å². The van der Waals surface area contributed by atoms with Gasteiger partial charge in [-0.25, -0.2) is 9.67 Å². The summed E-state index contributed by atoms with van der Waals surface area (Å²) in [4.78, 5) is 4.30. The molecule has 1 unspecified atom stereocenters. The van der Waals surface area contributed by atoms with Gasteiger partial charge >= 0.3 is 0 Å². The average Bonchev–Trinajstić information content (AvgIpc) is 2.75. The summed E-state index contributed by atoms with van der Waals surface area (Å²) in [7, 11) is 1.85. The normalized spacial score (nSPS) is 14.3. The van der Waals surface area contributed by atoms with Crippen LogP contribution in [-0.2, 0) is 12.1 Å². The van der Waals surface area contributed by atoms with Gasteiger partial charge in [0.05, 0.1) is 18.7 Å². The first-order valence-electron chi connectivity index (χ1n) is 6.34. The Morgan fingerprint density at radius 2 is 1.95 bits per heavy atom. The third kappa shape index (κ3) is 2.67. The number of aliphatic hydroxyl groups excluding tert-OH is 1. The lowest BCUT2D eigenvalue weighted by Crippen LogP contribution is -2.47. The Kier molecular flexibility index (Phi) is 3.97. The number of likely N-dealkylation sites (N-methyl/N-ethyl adjacent to an activating group) is 1. The molecule has 1 atom stereocenters.